The van der Waals surface area contributed by atoms with Gasteiger partial charge in [0.15, 0.2) is 17.3 Å². The van der Waals surface area contributed by atoms with E-state index in [-0.39, 0.29) is 17.5 Å². The van der Waals surface area contributed by atoms with E-state index in [2.05, 4.69) is 0 Å². The molecule has 5 nitrogen and oxygen atoms in total. The maximum atomic E-state index is 12.5. The topological polar surface area (TPSA) is 68.6 Å². The van der Waals surface area contributed by atoms with E-state index >= 15 is 0 Å². The van der Waals surface area contributed by atoms with Crippen molar-refractivity contribution in [2.75, 3.05) is 21.3 Å². The highest BCUT2D eigenvalue weighted by atomic mass is 16.5. The normalized spacial score (nSPS) is 11.7. The molecule has 1 atom stereocenters. The van der Waals surface area contributed by atoms with E-state index in [0.29, 0.717) is 17.1 Å². The Balaban J connectivity index is 3.39. The minimum atomic E-state index is -0.720. The van der Waals surface area contributed by atoms with Crippen molar-refractivity contribution in [2.45, 2.75) is 13.8 Å². The average molecular weight is 277 g/mol. The van der Waals surface area contributed by atoms with Gasteiger partial charge in [-0.25, -0.2) is 0 Å². The summed E-state index contributed by atoms with van der Waals surface area (Å²) in [5, 5.41) is 9.15. The summed E-state index contributed by atoms with van der Waals surface area (Å²) in [4.78, 5) is 12.5. The smallest absolute Gasteiger partial charge is 0.204 e. The van der Waals surface area contributed by atoms with Crippen LogP contribution in [-0.2, 0) is 0 Å². The molecule has 0 spiro atoms. The number of Topliss-reactive ketones (excluding diaryl/α,β-unsaturated/α-hetero) is 1. The Bertz CT molecular complexity index is 531. The molecule has 20 heavy (non-hydrogen) atoms. The Morgan fingerprint density at radius 2 is 1.70 bits per heavy atom. The fourth-order valence-corrected chi connectivity index (χ4v) is 1.97. The molecule has 1 aromatic carbocycles. The van der Waals surface area contributed by atoms with Gasteiger partial charge in [-0.3, -0.25) is 4.79 Å². The largest absolute Gasteiger partial charge is 0.493 e. The number of nitriles is 1. The highest BCUT2D eigenvalue weighted by Crippen LogP contribution is 2.40. The predicted molar refractivity (Wildman–Crippen MR) is 74.4 cm³/mol. The van der Waals surface area contributed by atoms with Crippen molar-refractivity contribution in [3.05, 3.63) is 17.7 Å². The summed E-state index contributed by atoms with van der Waals surface area (Å²) >= 11 is 0. The second-order valence-electron chi connectivity index (χ2n) is 4.60. The van der Waals surface area contributed by atoms with Gasteiger partial charge in [-0.2, -0.15) is 5.26 Å². The van der Waals surface area contributed by atoms with Gasteiger partial charge in [0.05, 0.1) is 33.0 Å². The lowest BCUT2D eigenvalue weighted by Crippen LogP contribution is -2.19. The van der Waals surface area contributed by atoms with E-state index in [1.807, 2.05) is 19.9 Å². The molecule has 1 aromatic rings. The first-order valence-corrected chi connectivity index (χ1v) is 6.24. The molecule has 1 rings (SSSR count). The Kier molecular flexibility index (Phi) is 5.39. The Hall–Kier alpha value is -2.22. The Morgan fingerprint density at radius 1 is 1.10 bits per heavy atom. The maximum absolute atomic E-state index is 12.5. The van der Waals surface area contributed by atoms with Crippen LogP contribution in [0.25, 0.3) is 0 Å². The van der Waals surface area contributed by atoms with Crippen molar-refractivity contribution in [3.63, 3.8) is 0 Å². The highest BCUT2D eigenvalue weighted by Gasteiger charge is 2.28. The van der Waals surface area contributed by atoms with Crippen LogP contribution >= 0.6 is 0 Å². The van der Waals surface area contributed by atoms with Gasteiger partial charge in [0.2, 0.25) is 5.75 Å². The molecule has 0 aliphatic carbocycles. The van der Waals surface area contributed by atoms with Gasteiger partial charge in [-0.15, -0.1) is 0 Å². The van der Waals surface area contributed by atoms with Crippen molar-refractivity contribution in [2.24, 2.45) is 11.8 Å². The highest BCUT2D eigenvalue weighted by molar-refractivity contribution is 6.02. The van der Waals surface area contributed by atoms with Crippen molar-refractivity contribution >= 4 is 5.78 Å². The van der Waals surface area contributed by atoms with Gasteiger partial charge < -0.3 is 14.2 Å². The van der Waals surface area contributed by atoms with Gasteiger partial charge in [-0.1, -0.05) is 13.8 Å². The van der Waals surface area contributed by atoms with Crippen LogP contribution in [0.15, 0.2) is 12.1 Å². The van der Waals surface area contributed by atoms with Gasteiger partial charge in [-0.05, 0) is 18.1 Å². The molecule has 0 aromatic heterocycles. The molecule has 0 heterocycles. The molecule has 1 unspecified atom stereocenters. The lowest BCUT2D eigenvalue weighted by Gasteiger charge is -2.17. The van der Waals surface area contributed by atoms with E-state index < -0.39 is 5.92 Å². The Labute approximate surface area is 119 Å². The third kappa shape index (κ3) is 2.85. The number of carbonyl (C=O) groups excluding carboxylic acids is 1. The lowest BCUT2D eigenvalue weighted by molar-refractivity contribution is 0.0920. The molecular weight excluding hydrogens is 258 g/mol. The number of rotatable bonds is 6. The average Bonchev–Trinajstić information content (AvgIpc) is 2.45. The van der Waals surface area contributed by atoms with Gasteiger partial charge in [0.1, 0.15) is 5.92 Å². The lowest BCUT2D eigenvalue weighted by atomic mass is 9.88. The monoisotopic (exact) mass is 277 g/mol. The van der Waals surface area contributed by atoms with Crippen molar-refractivity contribution in [1.29, 1.82) is 5.26 Å². The first-order chi connectivity index (χ1) is 9.51. The molecule has 0 radical (unpaired) electrons. The third-order valence-corrected chi connectivity index (χ3v) is 3.06. The van der Waals surface area contributed by atoms with Crippen LogP contribution in [0.1, 0.15) is 24.2 Å². The van der Waals surface area contributed by atoms with Crippen molar-refractivity contribution < 1.29 is 19.0 Å². The minimum absolute atomic E-state index is 0.0784. The van der Waals surface area contributed by atoms with E-state index in [4.69, 9.17) is 19.5 Å². The van der Waals surface area contributed by atoms with Crippen molar-refractivity contribution in [1.82, 2.24) is 0 Å². The standard InChI is InChI=1S/C15H19NO4/c1-9(2)11(8-16)13(17)10-6-7-12(18-3)15(20-5)14(10)19-4/h6-7,9,11H,1-5H3. The summed E-state index contributed by atoms with van der Waals surface area (Å²) in [5.41, 5.74) is 0.324. The second-order valence-corrected chi connectivity index (χ2v) is 4.60. The van der Waals surface area contributed by atoms with E-state index in [0.717, 1.165) is 0 Å². The summed E-state index contributed by atoms with van der Waals surface area (Å²) in [6.45, 7) is 3.66. The molecule has 0 saturated heterocycles. The summed E-state index contributed by atoms with van der Waals surface area (Å²) < 4.78 is 15.7. The zero-order valence-corrected chi connectivity index (χ0v) is 12.4. The number of hydrogen-bond acceptors (Lipinski definition) is 5. The number of ether oxygens (including phenoxy) is 3. The van der Waals surface area contributed by atoms with Gasteiger partial charge in [0.25, 0.3) is 0 Å². The molecule has 0 amide bonds. The van der Waals surface area contributed by atoms with E-state index in [1.165, 1.54) is 21.3 Å². The van der Waals surface area contributed by atoms with Crippen LogP contribution in [-0.4, -0.2) is 27.1 Å². The first-order valence-electron chi connectivity index (χ1n) is 6.24. The molecule has 0 aliphatic rings. The van der Waals surface area contributed by atoms with Crippen LogP contribution in [0.3, 0.4) is 0 Å². The fraction of sp³-hybridized carbons (Fsp3) is 0.467. The molecule has 5 heteroatoms. The van der Waals surface area contributed by atoms with Crippen LogP contribution in [0.4, 0.5) is 0 Å². The summed E-state index contributed by atoms with van der Waals surface area (Å²) in [6.07, 6.45) is 0. The maximum Gasteiger partial charge on any atom is 0.204 e. The van der Waals surface area contributed by atoms with Gasteiger partial charge in [0, 0.05) is 0 Å². The quantitative estimate of drug-likeness (QED) is 0.748. The Morgan fingerprint density at radius 3 is 2.10 bits per heavy atom. The zero-order valence-electron chi connectivity index (χ0n) is 12.4. The fourth-order valence-electron chi connectivity index (χ4n) is 1.97. The molecule has 0 N–H and O–H groups in total. The number of ketones is 1. The minimum Gasteiger partial charge on any atom is -0.493 e. The third-order valence-electron chi connectivity index (χ3n) is 3.06. The number of methoxy groups -OCH3 is 3. The summed E-state index contributed by atoms with van der Waals surface area (Å²) in [5.74, 6) is 0.0330. The zero-order chi connectivity index (χ0) is 15.3. The second kappa shape index (κ2) is 6.80. The number of benzene rings is 1. The van der Waals surface area contributed by atoms with Crippen LogP contribution in [0.2, 0.25) is 0 Å². The van der Waals surface area contributed by atoms with E-state index in [9.17, 15) is 4.79 Å². The molecule has 0 aliphatic heterocycles. The molecule has 0 saturated carbocycles. The molecular formula is C15H19NO4. The SMILES string of the molecule is COc1ccc(C(=O)C(C#N)C(C)C)c(OC)c1OC. The van der Waals surface area contributed by atoms with E-state index in [1.54, 1.807) is 12.1 Å². The first kappa shape index (κ1) is 15.8. The van der Waals surface area contributed by atoms with Crippen LogP contribution in [0, 0.1) is 23.2 Å². The summed E-state index contributed by atoms with van der Waals surface area (Å²) in [6, 6.07) is 5.26. The number of nitrogens with zero attached hydrogens (tertiary/aromatic N) is 1. The molecule has 108 valence electrons. The number of carbonyl (C=O) groups is 1. The van der Waals surface area contributed by atoms with Gasteiger partial charge >= 0.3 is 0 Å². The van der Waals surface area contributed by atoms with Crippen LogP contribution < -0.4 is 14.2 Å². The number of hydrogen-bond donors (Lipinski definition) is 0. The van der Waals surface area contributed by atoms with Crippen LogP contribution in [0.5, 0.6) is 17.2 Å². The van der Waals surface area contributed by atoms with Crippen molar-refractivity contribution in [3.8, 4) is 23.3 Å². The predicted octanol–water partition coefficient (Wildman–Crippen LogP) is 2.69. The summed E-state index contributed by atoms with van der Waals surface area (Å²) in [7, 11) is 4.43. The molecule has 0 bridgehead atoms. The molecule has 0 fully saturated rings.